The zero-order valence-electron chi connectivity index (χ0n) is 13.9. The van der Waals surface area contributed by atoms with Gasteiger partial charge in [-0.2, -0.15) is 0 Å². The minimum atomic E-state index is -3.68. The molecule has 0 radical (unpaired) electrons. The summed E-state index contributed by atoms with van der Waals surface area (Å²) in [6, 6.07) is 5.37. The van der Waals surface area contributed by atoms with Gasteiger partial charge in [0.05, 0.1) is 18.9 Å². The summed E-state index contributed by atoms with van der Waals surface area (Å²) in [5.41, 5.74) is 0. The van der Waals surface area contributed by atoms with Crippen molar-refractivity contribution in [3.63, 3.8) is 0 Å². The van der Waals surface area contributed by atoms with Crippen molar-refractivity contribution in [3.05, 3.63) is 30.1 Å². The molecule has 0 amide bonds. The fraction of sp³-hybridized carbons (Fsp3) is 0.533. The smallest absolute Gasteiger partial charge is 0.191 e. The van der Waals surface area contributed by atoms with Crippen LogP contribution in [-0.2, 0) is 14.6 Å². The molecule has 1 aromatic carbocycles. The summed E-state index contributed by atoms with van der Waals surface area (Å²) in [6.07, 6.45) is 0. The van der Waals surface area contributed by atoms with Crippen LogP contribution in [0.25, 0.3) is 0 Å². The molecule has 0 saturated heterocycles. The topological polar surface area (TPSA) is 79.8 Å². The molecule has 1 aromatic rings. The van der Waals surface area contributed by atoms with Gasteiger partial charge >= 0.3 is 0 Å². The quantitative estimate of drug-likeness (QED) is 0.248. The third kappa shape index (κ3) is 8.25. The predicted molar refractivity (Wildman–Crippen MR) is 104 cm³/mol. The zero-order chi connectivity index (χ0) is 17.1. The number of guanidine groups is 1. The van der Waals surface area contributed by atoms with Crippen LogP contribution in [0.2, 0.25) is 0 Å². The summed E-state index contributed by atoms with van der Waals surface area (Å²) in [6.45, 7) is 6.21. The Hall–Kier alpha value is -0.940. The van der Waals surface area contributed by atoms with Crippen molar-refractivity contribution in [1.29, 1.82) is 0 Å². The van der Waals surface area contributed by atoms with Crippen LogP contribution in [-0.4, -0.2) is 53.0 Å². The van der Waals surface area contributed by atoms with Crippen molar-refractivity contribution in [2.45, 2.75) is 18.7 Å². The normalized spacial score (nSPS) is 11.7. The van der Waals surface area contributed by atoms with Gasteiger partial charge in [0.15, 0.2) is 15.8 Å². The lowest BCUT2D eigenvalue weighted by Crippen LogP contribution is -2.39. The van der Waals surface area contributed by atoms with E-state index in [1.165, 1.54) is 18.2 Å². The third-order valence-corrected chi connectivity index (χ3v) is 4.63. The highest BCUT2D eigenvalue weighted by Crippen LogP contribution is 2.14. The number of ether oxygens (including phenoxy) is 1. The summed E-state index contributed by atoms with van der Waals surface area (Å²) in [5, 5.41) is 5.94. The molecule has 138 valence electrons. The molecule has 0 aliphatic carbocycles. The van der Waals surface area contributed by atoms with Crippen LogP contribution >= 0.6 is 24.0 Å². The van der Waals surface area contributed by atoms with Crippen LogP contribution in [0.5, 0.6) is 0 Å². The first-order valence-electron chi connectivity index (χ1n) is 7.58. The molecule has 0 saturated carbocycles. The third-order valence-electron chi connectivity index (χ3n) is 2.89. The van der Waals surface area contributed by atoms with Crippen LogP contribution in [0.1, 0.15) is 13.8 Å². The lowest BCUT2D eigenvalue weighted by Gasteiger charge is -2.12. The number of halogens is 2. The highest BCUT2D eigenvalue weighted by molar-refractivity contribution is 14.0. The molecular formula is C15H25FIN3O3S. The highest BCUT2D eigenvalue weighted by atomic mass is 127. The van der Waals surface area contributed by atoms with E-state index in [1.807, 2.05) is 13.8 Å². The second-order valence-electron chi connectivity index (χ2n) is 4.63. The molecule has 0 atom stereocenters. The van der Waals surface area contributed by atoms with Crippen molar-refractivity contribution < 1.29 is 17.5 Å². The molecule has 9 heteroatoms. The van der Waals surface area contributed by atoms with Gasteiger partial charge in [0, 0.05) is 19.7 Å². The van der Waals surface area contributed by atoms with Gasteiger partial charge in [-0.15, -0.1) is 24.0 Å². The Labute approximate surface area is 160 Å². The Kier molecular flexibility index (Phi) is 11.9. The molecule has 0 aromatic heterocycles. The molecule has 0 unspecified atom stereocenters. The van der Waals surface area contributed by atoms with Crippen LogP contribution < -0.4 is 10.6 Å². The van der Waals surface area contributed by atoms with Crippen molar-refractivity contribution >= 4 is 39.8 Å². The Bertz CT molecular complexity index is 612. The van der Waals surface area contributed by atoms with E-state index in [1.54, 1.807) is 0 Å². The second-order valence-corrected chi connectivity index (χ2v) is 6.71. The SMILES string of the molecule is CCNC(=NCCOCC)NCCS(=O)(=O)c1ccccc1F.I. The number of rotatable bonds is 9. The average molecular weight is 473 g/mol. The van der Waals surface area contributed by atoms with E-state index in [-0.39, 0.29) is 41.2 Å². The fourth-order valence-electron chi connectivity index (χ4n) is 1.82. The second kappa shape index (κ2) is 12.4. The maximum Gasteiger partial charge on any atom is 0.191 e. The molecule has 6 nitrogen and oxygen atoms in total. The van der Waals surface area contributed by atoms with E-state index in [2.05, 4.69) is 15.6 Å². The Morgan fingerprint density at radius 1 is 1.25 bits per heavy atom. The van der Waals surface area contributed by atoms with Crippen LogP contribution in [0.4, 0.5) is 4.39 Å². The summed E-state index contributed by atoms with van der Waals surface area (Å²) < 4.78 is 43.0. The summed E-state index contributed by atoms with van der Waals surface area (Å²) in [7, 11) is -3.68. The summed E-state index contributed by atoms with van der Waals surface area (Å²) in [4.78, 5) is 3.98. The maximum absolute atomic E-state index is 13.6. The van der Waals surface area contributed by atoms with Crippen LogP contribution in [0, 0.1) is 5.82 Å². The van der Waals surface area contributed by atoms with Gasteiger partial charge < -0.3 is 15.4 Å². The first-order valence-corrected chi connectivity index (χ1v) is 9.23. The van der Waals surface area contributed by atoms with Crippen molar-refractivity contribution in [2.75, 3.05) is 38.6 Å². The Morgan fingerprint density at radius 2 is 1.96 bits per heavy atom. The van der Waals surface area contributed by atoms with Gasteiger partial charge in [-0.1, -0.05) is 12.1 Å². The zero-order valence-corrected chi connectivity index (χ0v) is 17.1. The Morgan fingerprint density at radius 3 is 2.58 bits per heavy atom. The Balaban J connectivity index is 0.00000529. The summed E-state index contributed by atoms with van der Waals surface area (Å²) in [5.74, 6) is -0.440. The van der Waals surface area contributed by atoms with E-state index in [0.29, 0.717) is 32.3 Å². The van der Waals surface area contributed by atoms with E-state index >= 15 is 0 Å². The lowest BCUT2D eigenvalue weighted by molar-refractivity contribution is 0.155. The van der Waals surface area contributed by atoms with Crippen molar-refractivity contribution in [2.24, 2.45) is 4.99 Å². The number of benzene rings is 1. The largest absolute Gasteiger partial charge is 0.380 e. The monoisotopic (exact) mass is 473 g/mol. The molecule has 2 N–H and O–H groups in total. The minimum Gasteiger partial charge on any atom is -0.380 e. The fourth-order valence-corrected chi connectivity index (χ4v) is 3.06. The molecular weight excluding hydrogens is 448 g/mol. The molecule has 24 heavy (non-hydrogen) atoms. The van der Waals surface area contributed by atoms with Crippen molar-refractivity contribution in [1.82, 2.24) is 10.6 Å². The van der Waals surface area contributed by atoms with Crippen LogP contribution in [0.15, 0.2) is 34.2 Å². The lowest BCUT2D eigenvalue weighted by atomic mass is 10.3. The average Bonchev–Trinajstić information content (AvgIpc) is 2.51. The molecule has 0 heterocycles. The molecule has 0 fully saturated rings. The van der Waals surface area contributed by atoms with Crippen molar-refractivity contribution in [3.8, 4) is 0 Å². The number of nitrogens with one attached hydrogen (secondary N) is 2. The molecule has 0 aliphatic rings. The number of aliphatic imine (C=N–C) groups is 1. The van der Waals surface area contributed by atoms with Gasteiger partial charge in [-0.25, -0.2) is 12.8 Å². The van der Waals surface area contributed by atoms with Gasteiger partial charge in [0.25, 0.3) is 0 Å². The highest BCUT2D eigenvalue weighted by Gasteiger charge is 2.18. The van der Waals surface area contributed by atoms with Gasteiger partial charge in [-0.05, 0) is 26.0 Å². The number of nitrogens with zero attached hydrogens (tertiary/aromatic N) is 1. The first kappa shape index (κ1) is 23.1. The standard InChI is InChI=1S/C15H24FN3O3S.HI/c1-3-17-15(18-9-11-22-4-2)19-10-12-23(20,21)14-8-6-5-7-13(14)16;/h5-8H,3-4,9-12H2,1-2H3,(H2,17,18,19);1H. The first-order chi connectivity index (χ1) is 11.0. The maximum atomic E-state index is 13.6. The number of hydrogen-bond acceptors (Lipinski definition) is 4. The predicted octanol–water partition coefficient (Wildman–Crippen LogP) is 1.81. The van der Waals surface area contributed by atoms with Gasteiger partial charge in [0.1, 0.15) is 10.7 Å². The number of sulfone groups is 1. The molecule has 0 bridgehead atoms. The summed E-state index contributed by atoms with van der Waals surface area (Å²) >= 11 is 0. The van der Waals surface area contributed by atoms with Gasteiger partial charge in [-0.3, -0.25) is 4.99 Å². The molecule has 1 rings (SSSR count). The minimum absolute atomic E-state index is 0. The van der Waals surface area contributed by atoms with E-state index in [4.69, 9.17) is 4.74 Å². The van der Waals surface area contributed by atoms with Gasteiger partial charge in [0.2, 0.25) is 0 Å². The van der Waals surface area contributed by atoms with Crippen LogP contribution in [0.3, 0.4) is 0 Å². The van der Waals surface area contributed by atoms with E-state index in [9.17, 15) is 12.8 Å². The molecule has 0 spiro atoms. The van der Waals surface area contributed by atoms with E-state index < -0.39 is 15.7 Å². The number of hydrogen-bond donors (Lipinski definition) is 2. The molecule has 0 aliphatic heterocycles. The van der Waals surface area contributed by atoms with E-state index in [0.717, 1.165) is 6.07 Å².